The molecule has 1 rings (SSSR count). The van der Waals surface area contributed by atoms with Gasteiger partial charge in [-0.25, -0.2) is 0 Å². The molecule has 0 aliphatic carbocycles. The second-order valence-corrected chi connectivity index (χ2v) is 4.64. The van der Waals surface area contributed by atoms with E-state index in [4.69, 9.17) is 0 Å². The van der Waals surface area contributed by atoms with Gasteiger partial charge in [0.05, 0.1) is 5.60 Å². The Morgan fingerprint density at radius 1 is 1.38 bits per heavy atom. The van der Waals surface area contributed by atoms with E-state index in [1.165, 1.54) is 6.42 Å². The maximum atomic E-state index is 9.90. The maximum absolute atomic E-state index is 9.90. The molecule has 2 heteroatoms. The van der Waals surface area contributed by atoms with Gasteiger partial charge in [-0.05, 0) is 46.1 Å². The third-order valence-corrected chi connectivity index (χ3v) is 3.31. The van der Waals surface area contributed by atoms with E-state index >= 15 is 0 Å². The fourth-order valence-electron chi connectivity index (χ4n) is 1.98. The average molecular weight is 185 g/mol. The second kappa shape index (κ2) is 4.43. The van der Waals surface area contributed by atoms with E-state index in [1.54, 1.807) is 0 Å². The van der Waals surface area contributed by atoms with Gasteiger partial charge in [-0.15, -0.1) is 0 Å². The first-order valence-electron chi connectivity index (χ1n) is 5.51. The average Bonchev–Trinajstić information content (AvgIpc) is 2.25. The number of likely N-dealkylation sites (tertiary alicyclic amines) is 1. The fraction of sp³-hybridized carbons (Fsp3) is 1.00. The SMILES string of the molecule is CCC(C)N1CCCC(C)(O)CC1. The van der Waals surface area contributed by atoms with Crippen LogP contribution < -0.4 is 0 Å². The maximum Gasteiger partial charge on any atom is 0.0632 e. The normalized spacial score (nSPS) is 34.2. The summed E-state index contributed by atoms with van der Waals surface area (Å²) in [5.74, 6) is 0. The van der Waals surface area contributed by atoms with Crippen LogP contribution in [-0.2, 0) is 0 Å². The lowest BCUT2D eigenvalue weighted by Gasteiger charge is -2.27. The Kier molecular flexibility index (Phi) is 3.74. The predicted octanol–water partition coefficient (Wildman–Crippen LogP) is 2.02. The van der Waals surface area contributed by atoms with Crippen molar-refractivity contribution in [3.05, 3.63) is 0 Å². The first-order chi connectivity index (χ1) is 6.05. The van der Waals surface area contributed by atoms with Crippen molar-refractivity contribution in [1.82, 2.24) is 4.90 Å². The molecule has 1 fully saturated rings. The number of hydrogen-bond acceptors (Lipinski definition) is 2. The highest BCUT2D eigenvalue weighted by atomic mass is 16.3. The molecule has 0 aromatic rings. The summed E-state index contributed by atoms with van der Waals surface area (Å²) in [5, 5.41) is 9.90. The smallest absolute Gasteiger partial charge is 0.0632 e. The molecule has 1 heterocycles. The van der Waals surface area contributed by atoms with Gasteiger partial charge in [0.15, 0.2) is 0 Å². The molecule has 0 aromatic heterocycles. The van der Waals surface area contributed by atoms with Crippen LogP contribution in [0.1, 0.15) is 46.5 Å². The molecule has 78 valence electrons. The van der Waals surface area contributed by atoms with Crippen molar-refractivity contribution in [1.29, 1.82) is 0 Å². The zero-order chi connectivity index (χ0) is 9.90. The van der Waals surface area contributed by atoms with Crippen molar-refractivity contribution in [2.75, 3.05) is 13.1 Å². The summed E-state index contributed by atoms with van der Waals surface area (Å²) in [6, 6.07) is 0.675. The van der Waals surface area contributed by atoms with E-state index in [-0.39, 0.29) is 0 Å². The standard InChI is InChI=1S/C11H23NO/c1-4-10(2)12-8-5-6-11(3,13)7-9-12/h10,13H,4-9H2,1-3H3. The molecule has 0 saturated carbocycles. The van der Waals surface area contributed by atoms with Gasteiger partial charge in [-0.1, -0.05) is 6.92 Å². The van der Waals surface area contributed by atoms with E-state index in [1.807, 2.05) is 6.92 Å². The summed E-state index contributed by atoms with van der Waals surface area (Å²) in [6.07, 6.45) is 4.23. The van der Waals surface area contributed by atoms with Crippen molar-refractivity contribution in [2.24, 2.45) is 0 Å². The molecule has 1 saturated heterocycles. The van der Waals surface area contributed by atoms with Crippen LogP contribution in [0.25, 0.3) is 0 Å². The molecule has 2 nitrogen and oxygen atoms in total. The van der Waals surface area contributed by atoms with Gasteiger partial charge in [-0.2, -0.15) is 0 Å². The Balaban J connectivity index is 2.45. The molecular formula is C11H23NO. The van der Waals surface area contributed by atoms with Crippen LogP contribution in [0.2, 0.25) is 0 Å². The van der Waals surface area contributed by atoms with Gasteiger partial charge < -0.3 is 10.0 Å². The second-order valence-electron chi connectivity index (χ2n) is 4.64. The summed E-state index contributed by atoms with van der Waals surface area (Å²) < 4.78 is 0. The molecular weight excluding hydrogens is 162 g/mol. The van der Waals surface area contributed by atoms with Crippen molar-refractivity contribution in [3.8, 4) is 0 Å². The molecule has 0 spiro atoms. The van der Waals surface area contributed by atoms with E-state index in [9.17, 15) is 5.11 Å². The van der Waals surface area contributed by atoms with Crippen LogP contribution in [0.5, 0.6) is 0 Å². The summed E-state index contributed by atoms with van der Waals surface area (Å²) in [7, 11) is 0. The van der Waals surface area contributed by atoms with Gasteiger partial charge in [0.25, 0.3) is 0 Å². The Morgan fingerprint density at radius 2 is 2.08 bits per heavy atom. The van der Waals surface area contributed by atoms with Crippen LogP contribution in [0.3, 0.4) is 0 Å². The molecule has 0 amide bonds. The lowest BCUT2D eigenvalue weighted by Crippen LogP contribution is -2.34. The summed E-state index contributed by atoms with van der Waals surface area (Å²) >= 11 is 0. The Hall–Kier alpha value is -0.0800. The Morgan fingerprint density at radius 3 is 2.69 bits per heavy atom. The lowest BCUT2D eigenvalue weighted by molar-refractivity contribution is 0.0433. The molecule has 0 radical (unpaired) electrons. The number of nitrogens with zero attached hydrogens (tertiary/aromatic N) is 1. The molecule has 2 unspecified atom stereocenters. The number of rotatable bonds is 2. The van der Waals surface area contributed by atoms with Crippen LogP contribution >= 0.6 is 0 Å². The van der Waals surface area contributed by atoms with Gasteiger partial charge in [0, 0.05) is 12.6 Å². The van der Waals surface area contributed by atoms with E-state index in [0.29, 0.717) is 6.04 Å². The highest BCUT2D eigenvalue weighted by Crippen LogP contribution is 2.22. The van der Waals surface area contributed by atoms with E-state index in [0.717, 1.165) is 32.4 Å². The van der Waals surface area contributed by atoms with Crippen molar-refractivity contribution >= 4 is 0 Å². The van der Waals surface area contributed by atoms with Gasteiger partial charge >= 0.3 is 0 Å². The molecule has 1 aliphatic heterocycles. The minimum atomic E-state index is -0.414. The molecule has 2 atom stereocenters. The fourth-order valence-corrected chi connectivity index (χ4v) is 1.98. The van der Waals surface area contributed by atoms with Crippen molar-refractivity contribution in [3.63, 3.8) is 0 Å². The largest absolute Gasteiger partial charge is 0.390 e. The Labute approximate surface area is 81.9 Å². The quantitative estimate of drug-likeness (QED) is 0.711. The first kappa shape index (κ1) is 11.0. The molecule has 1 aliphatic rings. The monoisotopic (exact) mass is 185 g/mol. The topological polar surface area (TPSA) is 23.5 Å². The summed E-state index contributed by atoms with van der Waals surface area (Å²) in [5.41, 5.74) is -0.414. The molecule has 13 heavy (non-hydrogen) atoms. The minimum Gasteiger partial charge on any atom is -0.390 e. The van der Waals surface area contributed by atoms with Gasteiger partial charge in [0.1, 0.15) is 0 Å². The van der Waals surface area contributed by atoms with Crippen LogP contribution in [0.4, 0.5) is 0 Å². The predicted molar refractivity (Wildman–Crippen MR) is 55.8 cm³/mol. The van der Waals surface area contributed by atoms with Crippen molar-refractivity contribution < 1.29 is 5.11 Å². The lowest BCUT2D eigenvalue weighted by atomic mass is 9.98. The highest BCUT2D eigenvalue weighted by molar-refractivity contribution is 4.80. The van der Waals surface area contributed by atoms with E-state index in [2.05, 4.69) is 18.7 Å². The third-order valence-electron chi connectivity index (χ3n) is 3.31. The third kappa shape index (κ3) is 3.28. The van der Waals surface area contributed by atoms with Crippen LogP contribution in [0, 0.1) is 0 Å². The number of hydrogen-bond donors (Lipinski definition) is 1. The Bertz CT molecular complexity index is 156. The highest BCUT2D eigenvalue weighted by Gasteiger charge is 2.26. The van der Waals surface area contributed by atoms with Gasteiger partial charge in [0.2, 0.25) is 0 Å². The van der Waals surface area contributed by atoms with Crippen LogP contribution in [-0.4, -0.2) is 34.7 Å². The summed E-state index contributed by atoms with van der Waals surface area (Å²) in [6.45, 7) is 8.69. The summed E-state index contributed by atoms with van der Waals surface area (Å²) in [4.78, 5) is 2.50. The van der Waals surface area contributed by atoms with Gasteiger partial charge in [-0.3, -0.25) is 0 Å². The van der Waals surface area contributed by atoms with Crippen molar-refractivity contribution in [2.45, 2.75) is 58.1 Å². The minimum absolute atomic E-state index is 0.414. The molecule has 0 bridgehead atoms. The zero-order valence-electron chi connectivity index (χ0n) is 9.21. The van der Waals surface area contributed by atoms with Crippen LogP contribution in [0.15, 0.2) is 0 Å². The van der Waals surface area contributed by atoms with E-state index < -0.39 is 5.60 Å². The molecule has 1 N–H and O–H groups in total. The zero-order valence-corrected chi connectivity index (χ0v) is 9.21. The molecule has 0 aromatic carbocycles. The number of aliphatic hydroxyl groups is 1. The first-order valence-corrected chi connectivity index (χ1v) is 5.51.